The van der Waals surface area contributed by atoms with Gasteiger partial charge in [0.2, 0.25) is 0 Å². The van der Waals surface area contributed by atoms with E-state index >= 15 is 0 Å². The third-order valence-corrected chi connectivity index (χ3v) is 4.15. The van der Waals surface area contributed by atoms with E-state index in [9.17, 15) is 4.79 Å². The predicted molar refractivity (Wildman–Crippen MR) is 88.6 cm³/mol. The lowest BCUT2D eigenvalue weighted by Crippen LogP contribution is -2.47. The number of aromatic nitrogens is 1. The van der Waals surface area contributed by atoms with Crippen molar-refractivity contribution in [2.75, 3.05) is 18.5 Å². The van der Waals surface area contributed by atoms with Crippen LogP contribution in [0, 0.1) is 0 Å². The first-order valence-corrected chi connectivity index (χ1v) is 7.98. The number of rotatable bonds is 2. The van der Waals surface area contributed by atoms with Gasteiger partial charge in [-0.15, -0.1) is 0 Å². The molecule has 0 N–H and O–H groups in total. The standard InChI is InChI=1S/C15H21Cl2N3O2/c1-15(2,3)22-14(21)19(4)12-6-5-7-20(12)10-8-11(16)13(17)18-9-10/h8-9,12H,5-7H2,1-4H3. The highest BCUT2D eigenvalue weighted by Crippen LogP contribution is 2.31. The van der Waals surface area contributed by atoms with Gasteiger partial charge in [0.05, 0.1) is 16.9 Å². The molecule has 1 aromatic rings. The molecule has 1 aromatic heterocycles. The van der Waals surface area contributed by atoms with Crippen LogP contribution in [-0.4, -0.2) is 41.3 Å². The van der Waals surface area contributed by atoms with E-state index in [0.717, 1.165) is 25.1 Å². The maximum Gasteiger partial charge on any atom is 0.411 e. The summed E-state index contributed by atoms with van der Waals surface area (Å²) >= 11 is 11.9. The number of hydrogen-bond acceptors (Lipinski definition) is 4. The molecule has 1 atom stereocenters. The molecule has 0 aromatic carbocycles. The average molecular weight is 346 g/mol. The first-order valence-electron chi connectivity index (χ1n) is 7.22. The molecule has 0 radical (unpaired) electrons. The number of nitrogens with zero attached hydrogens (tertiary/aromatic N) is 3. The van der Waals surface area contributed by atoms with Crippen molar-refractivity contribution in [1.82, 2.24) is 9.88 Å². The van der Waals surface area contributed by atoms with Crippen molar-refractivity contribution in [3.8, 4) is 0 Å². The maximum absolute atomic E-state index is 12.3. The van der Waals surface area contributed by atoms with Gasteiger partial charge in [0, 0.05) is 13.6 Å². The van der Waals surface area contributed by atoms with Gasteiger partial charge in [-0.3, -0.25) is 4.90 Å². The van der Waals surface area contributed by atoms with Crippen LogP contribution < -0.4 is 4.90 Å². The van der Waals surface area contributed by atoms with Crippen molar-refractivity contribution in [3.63, 3.8) is 0 Å². The molecule has 2 heterocycles. The van der Waals surface area contributed by atoms with E-state index in [2.05, 4.69) is 9.88 Å². The molecular weight excluding hydrogens is 325 g/mol. The fourth-order valence-corrected chi connectivity index (χ4v) is 2.74. The van der Waals surface area contributed by atoms with Crippen LogP contribution in [0.15, 0.2) is 12.3 Å². The fourth-order valence-electron chi connectivity index (χ4n) is 2.48. The molecule has 1 unspecified atom stereocenters. The third kappa shape index (κ3) is 3.96. The molecule has 1 fully saturated rings. The van der Waals surface area contributed by atoms with E-state index in [-0.39, 0.29) is 17.4 Å². The summed E-state index contributed by atoms with van der Waals surface area (Å²) in [6, 6.07) is 1.78. The van der Waals surface area contributed by atoms with Gasteiger partial charge in [0.25, 0.3) is 0 Å². The Kier molecular flexibility index (Phi) is 5.07. The van der Waals surface area contributed by atoms with Crippen LogP contribution in [0.1, 0.15) is 33.6 Å². The topological polar surface area (TPSA) is 45.7 Å². The zero-order chi connectivity index (χ0) is 16.5. The predicted octanol–water partition coefficient (Wildman–Crippen LogP) is 4.18. The number of hydrogen-bond donors (Lipinski definition) is 0. The summed E-state index contributed by atoms with van der Waals surface area (Å²) in [7, 11) is 1.75. The van der Waals surface area contributed by atoms with E-state index in [1.165, 1.54) is 0 Å². The quantitative estimate of drug-likeness (QED) is 0.754. The summed E-state index contributed by atoms with van der Waals surface area (Å²) in [5.74, 6) is 0. The molecule has 2 rings (SSSR count). The van der Waals surface area contributed by atoms with Gasteiger partial charge in [0.1, 0.15) is 16.9 Å². The second kappa shape index (κ2) is 6.50. The molecule has 0 aliphatic carbocycles. The largest absolute Gasteiger partial charge is 0.444 e. The minimum Gasteiger partial charge on any atom is -0.444 e. The summed E-state index contributed by atoms with van der Waals surface area (Å²) < 4.78 is 5.44. The van der Waals surface area contributed by atoms with E-state index in [1.807, 2.05) is 20.8 Å². The zero-order valence-electron chi connectivity index (χ0n) is 13.3. The van der Waals surface area contributed by atoms with Gasteiger partial charge in [0.15, 0.2) is 0 Å². The van der Waals surface area contributed by atoms with E-state index < -0.39 is 5.60 Å². The van der Waals surface area contributed by atoms with Crippen molar-refractivity contribution >= 4 is 35.0 Å². The summed E-state index contributed by atoms with van der Waals surface area (Å²) in [6.45, 7) is 6.40. The zero-order valence-corrected chi connectivity index (χ0v) is 14.8. The van der Waals surface area contributed by atoms with Gasteiger partial charge < -0.3 is 9.64 Å². The number of carbonyl (C=O) groups is 1. The van der Waals surface area contributed by atoms with Crippen molar-refractivity contribution in [2.24, 2.45) is 0 Å². The van der Waals surface area contributed by atoms with Gasteiger partial charge in [-0.1, -0.05) is 23.2 Å². The summed E-state index contributed by atoms with van der Waals surface area (Å²) in [5.41, 5.74) is 0.340. The van der Waals surface area contributed by atoms with Crippen LogP contribution in [0.3, 0.4) is 0 Å². The van der Waals surface area contributed by atoms with E-state index in [1.54, 1.807) is 24.2 Å². The fraction of sp³-hybridized carbons (Fsp3) is 0.600. The molecule has 0 bridgehead atoms. The minimum atomic E-state index is -0.514. The summed E-state index contributed by atoms with van der Waals surface area (Å²) in [6.07, 6.45) is 3.12. The number of amides is 1. The minimum absolute atomic E-state index is 0.0751. The van der Waals surface area contributed by atoms with Crippen LogP contribution in [0.2, 0.25) is 10.2 Å². The molecule has 1 saturated heterocycles. The van der Waals surface area contributed by atoms with Crippen molar-refractivity contribution in [3.05, 3.63) is 22.4 Å². The SMILES string of the molecule is CN(C(=O)OC(C)(C)C)C1CCCN1c1cnc(Cl)c(Cl)c1. The van der Waals surface area contributed by atoms with Crippen LogP contribution in [0.5, 0.6) is 0 Å². The van der Waals surface area contributed by atoms with Gasteiger partial charge in [-0.25, -0.2) is 9.78 Å². The highest BCUT2D eigenvalue weighted by atomic mass is 35.5. The lowest BCUT2D eigenvalue weighted by atomic mass is 10.2. The Morgan fingerprint density at radius 3 is 2.73 bits per heavy atom. The highest BCUT2D eigenvalue weighted by Gasteiger charge is 2.33. The van der Waals surface area contributed by atoms with Crippen molar-refractivity contribution in [1.29, 1.82) is 0 Å². The first kappa shape index (κ1) is 17.2. The lowest BCUT2D eigenvalue weighted by molar-refractivity contribution is 0.0229. The lowest BCUT2D eigenvalue weighted by Gasteiger charge is -2.34. The number of anilines is 1. The molecule has 1 aliphatic heterocycles. The highest BCUT2D eigenvalue weighted by molar-refractivity contribution is 6.41. The number of carbonyl (C=O) groups excluding carboxylic acids is 1. The second-order valence-corrected chi connectivity index (χ2v) is 7.14. The van der Waals surface area contributed by atoms with Gasteiger partial charge in [-0.2, -0.15) is 0 Å². The van der Waals surface area contributed by atoms with Crippen LogP contribution in [0.25, 0.3) is 0 Å². The Balaban J connectivity index is 2.16. The molecule has 5 nitrogen and oxygen atoms in total. The average Bonchev–Trinajstić information content (AvgIpc) is 2.88. The summed E-state index contributed by atoms with van der Waals surface area (Å²) in [4.78, 5) is 20.1. The van der Waals surface area contributed by atoms with Crippen molar-refractivity contribution < 1.29 is 9.53 Å². The van der Waals surface area contributed by atoms with Crippen molar-refractivity contribution in [2.45, 2.75) is 45.4 Å². The smallest absolute Gasteiger partial charge is 0.411 e. The summed E-state index contributed by atoms with van der Waals surface area (Å²) in [5, 5.41) is 0.686. The van der Waals surface area contributed by atoms with Crippen LogP contribution in [0.4, 0.5) is 10.5 Å². The Morgan fingerprint density at radius 1 is 1.45 bits per heavy atom. The molecular formula is C15H21Cl2N3O2. The van der Waals surface area contributed by atoms with Gasteiger partial charge in [-0.05, 0) is 39.7 Å². The normalized spacial score (nSPS) is 18.5. The Bertz CT molecular complexity index is 560. The number of halogens is 2. The second-order valence-electron chi connectivity index (χ2n) is 6.37. The monoisotopic (exact) mass is 345 g/mol. The Hall–Kier alpha value is -1.20. The Labute approximate surface area is 141 Å². The molecule has 1 aliphatic rings. The third-order valence-electron chi connectivity index (χ3n) is 3.46. The number of ether oxygens (including phenoxy) is 1. The maximum atomic E-state index is 12.3. The van der Waals surface area contributed by atoms with Crippen LogP contribution in [-0.2, 0) is 4.74 Å². The van der Waals surface area contributed by atoms with E-state index in [4.69, 9.17) is 27.9 Å². The molecule has 0 saturated carbocycles. The molecule has 22 heavy (non-hydrogen) atoms. The molecule has 122 valence electrons. The van der Waals surface area contributed by atoms with Crippen LogP contribution >= 0.6 is 23.2 Å². The number of pyridine rings is 1. The van der Waals surface area contributed by atoms with E-state index in [0.29, 0.717) is 5.02 Å². The molecule has 1 amide bonds. The molecule has 7 heteroatoms. The Morgan fingerprint density at radius 2 is 2.14 bits per heavy atom. The van der Waals surface area contributed by atoms with Gasteiger partial charge >= 0.3 is 6.09 Å². The molecule has 0 spiro atoms. The first-order chi connectivity index (χ1) is 10.2.